The molecule has 0 heterocycles. The van der Waals surface area contributed by atoms with Crippen LogP contribution in [-0.2, 0) is 9.53 Å². The van der Waals surface area contributed by atoms with E-state index in [0.29, 0.717) is 36.9 Å². The number of carboxylic acids is 1. The molecule has 0 radical (unpaired) electrons. The second-order valence-corrected chi connectivity index (χ2v) is 4.06. The second kappa shape index (κ2) is 8.98. The van der Waals surface area contributed by atoms with E-state index in [-0.39, 0.29) is 0 Å². The lowest BCUT2D eigenvalue weighted by atomic mass is 10.1. The molecule has 0 aliphatic carbocycles. The highest BCUT2D eigenvalue weighted by Gasteiger charge is 2.05. The molecule has 0 spiro atoms. The fourth-order valence-corrected chi connectivity index (χ4v) is 1.48. The van der Waals surface area contributed by atoms with Crippen LogP contribution in [0.2, 0.25) is 0 Å². The van der Waals surface area contributed by atoms with E-state index in [9.17, 15) is 4.79 Å². The number of benzene rings is 1. The first-order valence-corrected chi connectivity index (χ1v) is 6.47. The standard InChI is InChI=1S/C15H20O5/c1-3-8-19-13-6-4-12(5-7-15(16)17)14(11-13)20-10-9-18-2/h4-7,11H,3,8-10H2,1-2H3,(H,16,17). The highest BCUT2D eigenvalue weighted by atomic mass is 16.5. The summed E-state index contributed by atoms with van der Waals surface area (Å²) in [5, 5.41) is 8.68. The molecule has 0 saturated heterocycles. The third-order valence-corrected chi connectivity index (χ3v) is 2.41. The van der Waals surface area contributed by atoms with Crippen molar-refractivity contribution < 1.29 is 24.1 Å². The quantitative estimate of drug-likeness (QED) is 0.556. The van der Waals surface area contributed by atoms with E-state index in [0.717, 1.165) is 12.5 Å². The van der Waals surface area contributed by atoms with Gasteiger partial charge in [0.15, 0.2) is 0 Å². The van der Waals surface area contributed by atoms with Gasteiger partial charge in [-0.3, -0.25) is 0 Å². The maximum absolute atomic E-state index is 10.6. The Bertz CT molecular complexity index is 454. The van der Waals surface area contributed by atoms with Crippen LogP contribution in [0.5, 0.6) is 11.5 Å². The zero-order valence-corrected chi connectivity index (χ0v) is 11.8. The van der Waals surface area contributed by atoms with E-state index in [2.05, 4.69) is 0 Å². The van der Waals surface area contributed by atoms with Crippen molar-refractivity contribution in [3.05, 3.63) is 29.8 Å². The van der Waals surface area contributed by atoms with Crippen LogP contribution in [-0.4, -0.2) is 38.0 Å². The largest absolute Gasteiger partial charge is 0.493 e. The number of ether oxygens (including phenoxy) is 3. The summed E-state index contributed by atoms with van der Waals surface area (Å²) in [5.74, 6) is 0.277. The van der Waals surface area contributed by atoms with E-state index in [4.69, 9.17) is 19.3 Å². The first-order valence-electron chi connectivity index (χ1n) is 6.47. The summed E-state index contributed by atoms with van der Waals surface area (Å²) in [6.07, 6.45) is 3.49. The lowest BCUT2D eigenvalue weighted by Crippen LogP contribution is -2.05. The third kappa shape index (κ3) is 5.75. The van der Waals surface area contributed by atoms with Crippen LogP contribution in [0.1, 0.15) is 18.9 Å². The average Bonchev–Trinajstić information content (AvgIpc) is 2.44. The van der Waals surface area contributed by atoms with Crippen molar-refractivity contribution in [1.82, 2.24) is 0 Å². The summed E-state index contributed by atoms with van der Waals surface area (Å²) in [7, 11) is 1.59. The monoisotopic (exact) mass is 280 g/mol. The molecule has 0 aliphatic heterocycles. The van der Waals surface area contributed by atoms with Crippen molar-refractivity contribution in [2.45, 2.75) is 13.3 Å². The molecule has 5 nitrogen and oxygen atoms in total. The summed E-state index contributed by atoms with van der Waals surface area (Å²) in [6, 6.07) is 5.32. The zero-order valence-electron chi connectivity index (χ0n) is 11.8. The van der Waals surface area contributed by atoms with Crippen LogP contribution in [0.25, 0.3) is 6.08 Å². The summed E-state index contributed by atoms with van der Waals surface area (Å²) in [4.78, 5) is 10.6. The lowest BCUT2D eigenvalue weighted by Gasteiger charge is -2.11. The van der Waals surface area contributed by atoms with Crippen LogP contribution >= 0.6 is 0 Å². The molecular formula is C15H20O5. The highest BCUT2D eigenvalue weighted by Crippen LogP contribution is 2.26. The summed E-state index contributed by atoms with van der Waals surface area (Å²) >= 11 is 0. The van der Waals surface area contributed by atoms with Gasteiger partial charge >= 0.3 is 5.97 Å². The molecular weight excluding hydrogens is 260 g/mol. The second-order valence-electron chi connectivity index (χ2n) is 4.06. The number of aliphatic carboxylic acids is 1. The van der Waals surface area contributed by atoms with Gasteiger partial charge in [0.25, 0.3) is 0 Å². The molecule has 1 rings (SSSR count). The number of hydrogen-bond acceptors (Lipinski definition) is 4. The van der Waals surface area contributed by atoms with Crippen molar-refractivity contribution in [3.63, 3.8) is 0 Å². The molecule has 20 heavy (non-hydrogen) atoms. The molecule has 0 fully saturated rings. The van der Waals surface area contributed by atoms with Gasteiger partial charge in [-0.05, 0) is 24.6 Å². The van der Waals surface area contributed by atoms with Gasteiger partial charge in [0.1, 0.15) is 18.1 Å². The molecule has 0 unspecified atom stereocenters. The Morgan fingerprint density at radius 3 is 2.70 bits per heavy atom. The van der Waals surface area contributed by atoms with E-state index in [1.165, 1.54) is 6.08 Å². The Kier molecular flexibility index (Phi) is 7.21. The minimum atomic E-state index is -1.00. The van der Waals surface area contributed by atoms with Gasteiger partial charge in [-0.1, -0.05) is 6.92 Å². The molecule has 5 heteroatoms. The molecule has 110 valence electrons. The van der Waals surface area contributed by atoms with Gasteiger partial charge in [-0.25, -0.2) is 4.79 Å². The molecule has 1 N–H and O–H groups in total. The minimum absolute atomic E-state index is 0.391. The minimum Gasteiger partial charge on any atom is -0.493 e. The SMILES string of the molecule is CCCOc1ccc(C=CC(=O)O)c(OCCOC)c1. The van der Waals surface area contributed by atoms with E-state index in [1.807, 2.05) is 6.92 Å². The first kappa shape index (κ1) is 16.0. The van der Waals surface area contributed by atoms with Crippen LogP contribution in [0.15, 0.2) is 24.3 Å². The van der Waals surface area contributed by atoms with E-state index < -0.39 is 5.97 Å². The Balaban J connectivity index is 2.87. The Morgan fingerprint density at radius 2 is 2.05 bits per heavy atom. The Labute approximate surface area is 118 Å². The zero-order chi connectivity index (χ0) is 14.8. The molecule has 0 bridgehead atoms. The maximum Gasteiger partial charge on any atom is 0.328 e. The number of rotatable bonds is 9. The van der Waals surface area contributed by atoms with E-state index >= 15 is 0 Å². The summed E-state index contributed by atoms with van der Waals surface area (Å²) in [5.41, 5.74) is 0.687. The third-order valence-electron chi connectivity index (χ3n) is 2.41. The van der Waals surface area contributed by atoms with Crippen molar-refractivity contribution >= 4 is 12.0 Å². The van der Waals surface area contributed by atoms with Crippen LogP contribution in [0, 0.1) is 0 Å². The fraction of sp³-hybridized carbons (Fsp3) is 0.400. The van der Waals surface area contributed by atoms with Gasteiger partial charge in [-0.2, -0.15) is 0 Å². The van der Waals surface area contributed by atoms with Gasteiger partial charge in [-0.15, -0.1) is 0 Å². The Hall–Kier alpha value is -2.01. The van der Waals surface area contributed by atoms with Crippen LogP contribution in [0.3, 0.4) is 0 Å². The molecule has 0 atom stereocenters. The number of carboxylic acid groups (broad SMARTS) is 1. The average molecular weight is 280 g/mol. The summed E-state index contributed by atoms with van der Waals surface area (Å²) < 4.78 is 16.0. The maximum atomic E-state index is 10.6. The van der Waals surface area contributed by atoms with Crippen molar-refractivity contribution in [2.75, 3.05) is 26.9 Å². The van der Waals surface area contributed by atoms with Gasteiger partial charge in [0.05, 0.1) is 13.2 Å². The van der Waals surface area contributed by atoms with Gasteiger partial charge < -0.3 is 19.3 Å². The molecule has 0 saturated carbocycles. The normalized spacial score (nSPS) is 10.7. The molecule has 0 aromatic heterocycles. The first-order chi connectivity index (χ1) is 9.67. The lowest BCUT2D eigenvalue weighted by molar-refractivity contribution is -0.131. The number of hydrogen-bond donors (Lipinski definition) is 1. The predicted molar refractivity (Wildman–Crippen MR) is 76.3 cm³/mol. The van der Waals surface area contributed by atoms with Crippen LogP contribution < -0.4 is 9.47 Å². The molecule has 1 aromatic carbocycles. The van der Waals surface area contributed by atoms with Crippen LogP contribution in [0.4, 0.5) is 0 Å². The fourth-order valence-electron chi connectivity index (χ4n) is 1.48. The van der Waals surface area contributed by atoms with Gasteiger partial charge in [0.2, 0.25) is 0 Å². The van der Waals surface area contributed by atoms with Crippen molar-refractivity contribution in [3.8, 4) is 11.5 Å². The topological polar surface area (TPSA) is 65.0 Å². The summed E-state index contributed by atoms with van der Waals surface area (Å²) in [6.45, 7) is 3.51. The molecule has 1 aromatic rings. The van der Waals surface area contributed by atoms with Crippen molar-refractivity contribution in [2.24, 2.45) is 0 Å². The van der Waals surface area contributed by atoms with Crippen molar-refractivity contribution in [1.29, 1.82) is 0 Å². The predicted octanol–water partition coefficient (Wildman–Crippen LogP) is 2.60. The van der Waals surface area contributed by atoms with E-state index in [1.54, 1.807) is 25.3 Å². The number of methoxy groups -OCH3 is 1. The smallest absolute Gasteiger partial charge is 0.328 e. The molecule has 0 aliphatic rings. The Morgan fingerprint density at radius 1 is 1.25 bits per heavy atom. The number of carbonyl (C=O) groups is 1. The molecule has 0 amide bonds. The van der Waals surface area contributed by atoms with Gasteiger partial charge in [0, 0.05) is 24.8 Å². The highest BCUT2D eigenvalue weighted by molar-refractivity contribution is 5.86.